The van der Waals surface area contributed by atoms with E-state index < -0.39 is 5.97 Å². The minimum atomic E-state index is -0.513. The lowest BCUT2D eigenvalue weighted by Gasteiger charge is -2.13. The van der Waals surface area contributed by atoms with Crippen molar-refractivity contribution < 1.29 is 23.8 Å². The standard InChI is InChI=1S/C28H26ClN5O5S/c1-17-5-11-22(12-6-17)34-27(20-7-9-21(29)10-8-20)32-33-28(34)40-16-25(36)31-30-15-19-13-23(37-3)26(39-18(2)35)24(14-19)38-4/h5-15H,16H2,1-4H3,(H,31,36)/b30-15-. The summed E-state index contributed by atoms with van der Waals surface area (Å²) in [7, 11) is 2.88. The summed E-state index contributed by atoms with van der Waals surface area (Å²) >= 11 is 7.29. The molecule has 0 atom stereocenters. The summed E-state index contributed by atoms with van der Waals surface area (Å²) in [5, 5.41) is 13.9. The Labute approximate surface area is 240 Å². The van der Waals surface area contributed by atoms with Crippen LogP contribution in [0.2, 0.25) is 5.02 Å². The number of amides is 1. The molecule has 10 nitrogen and oxygen atoms in total. The van der Waals surface area contributed by atoms with Crippen molar-refractivity contribution >= 4 is 41.5 Å². The molecule has 3 aromatic carbocycles. The largest absolute Gasteiger partial charge is 0.493 e. The maximum atomic E-state index is 12.6. The Kier molecular flexibility index (Phi) is 9.41. The summed E-state index contributed by atoms with van der Waals surface area (Å²) in [5.41, 5.74) is 5.88. The van der Waals surface area contributed by atoms with Crippen LogP contribution in [-0.4, -0.2) is 52.8 Å². The summed E-state index contributed by atoms with van der Waals surface area (Å²) in [6.07, 6.45) is 1.43. The number of halogens is 1. The molecule has 1 N–H and O–H groups in total. The van der Waals surface area contributed by atoms with E-state index in [4.69, 9.17) is 25.8 Å². The first kappa shape index (κ1) is 28.7. The first-order chi connectivity index (χ1) is 19.3. The average Bonchev–Trinajstić information content (AvgIpc) is 3.36. The zero-order valence-electron chi connectivity index (χ0n) is 22.2. The van der Waals surface area contributed by atoms with Gasteiger partial charge in [-0.3, -0.25) is 14.2 Å². The molecule has 0 spiro atoms. The van der Waals surface area contributed by atoms with E-state index in [9.17, 15) is 9.59 Å². The Hall–Kier alpha value is -4.35. The molecule has 4 aromatic rings. The second-order valence-corrected chi connectivity index (χ2v) is 9.79. The average molecular weight is 580 g/mol. The first-order valence-corrected chi connectivity index (χ1v) is 13.3. The SMILES string of the molecule is COc1cc(/C=N\NC(=O)CSc2nnc(-c3ccc(Cl)cc3)n2-c2ccc(C)cc2)cc(OC)c1OC(C)=O. The number of nitrogens with zero attached hydrogens (tertiary/aromatic N) is 4. The highest BCUT2D eigenvalue weighted by Crippen LogP contribution is 2.38. The van der Waals surface area contributed by atoms with Crippen LogP contribution in [0.3, 0.4) is 0 Å². The molecule has 0 fully saturated rings. The molecule has 0 bridgehead atoms. The van der Waals surface area contributed by atoms with Gasteiger partial charge in [0.1, 0.15) is 0 Å². The fraction of sp³-hybridized carbons (Fsp3) is 0.179. The normalized spacial score (nSPS) is 10.9. The summed E-state index contributed by atoms with van der Waals surface area (Å²) in [5.74, 6) is 0.534. The number of carbonyl (C=O) groups excluding carboxylic acids is 2. The minimum Gasteiger partial charge on any atom is -0.493 e. The van der Waals surface area contributed by atoms with Gasteiger partial charge in [-0.1, -0.05) is 41.1 Å². The molecule has 0 radical (unpaired) electrons. The van der Waals surface area contributed by atoms with Gasteiger partial charge in [-0.15, -0.1) is 10.2 Å². The molecular formula is C28H26ClN5O5S. The molecular weight excluding hydrogens is 554 g/mol. The third kappa shape index (κ3) is 6.99. The van der Waals surface area contributed by atoms with Crippen molar-refractivity contribution in [2.75, 3.05) is 20.0 Å². The van der Waals surface area contributed by atoms with E-state index in [2.05, 4.69) is 20.7 Å². The number of esters is 1. The van der Waals surface area contributed by atoms with Crippen LogP contribution in [0.5, 0.6) is 17.2 Å². The molecule has 0 saturated heterocycles. The van der Waals surface area contributed by atoms with Gasteiger partial charge in [-0.05, 0) is 55.5 Å². The molecule has 0 aliphatic carbocycles. The number of hydrogen-bond donors (Lipinski definition) is 1. The number of aromatic nitrogens is 3. The Morgan fingerprint density at radius 3 is 2.27 bits per heavy atom. The second-order valence-electron chi connectivity index (χ2n) is 8.41. The van der Waals surface area contributed by atoms with E-state index in [0.29, 0.717) is 21.6 Å². The Morgan fingerprint density at radius 1 is 1.02 bits per heavy atom. The number of ether oxygens (including phenoxy) is 3. The lowest BCUT2D eigenvalue weighted by atomic mass is 10.2. The summed E-state index contributed by atoms with van der Waals surface area (Å²) < 4.78 is 17.7. The van der Waals surface area contributed by atoms with Crippen LogP contribution in [0.15, 0.2) is 70.9 Å². The predicted octanol–water partition coefficient (Wildman–Crippen LogP) is 5.08. The van der Waals surface area contributed by atoms with Crippen LogP contribution in [0.25, 0.3) is 17.1 Å². The molecule has 12 heteroatoms. The van der Waals surface area contributed by atoms with E-state index >= 15 is 0 Å². The van der Waals surface area contributed by atoms with E-state index in [0.717, 1.165) is 16.8 Å². The van der Waals surface area contributed by atoms with Gasteiger partial charge in [0.05, 0.1) is 26.2 Å². The van der Waals surface area contributed by atoms with Crippen LogP contribution in [-0.2, 0) is 9.59 Å². The Morgan fingerprint density at radius 2 is 1.68 bits per heavy atom. The predicted molar refractivity (Wildman–Crippen MR) is 154 cm³/mol. The van der Waals surface area contributed by atoms with Crippen LogP contribution >= 0.6 is 23.4 Å². The quantitative estimate of drug-likeness (QED) is 0.0908. The maximum Gasteiger partial charge on any atom is 0.308 e. The van der Waals surface area contributed by atoms with Gasteiger partial charge in [0.2, 0.25) is 5.75 Å². The summed E-state index contributed by atoms with van der Waals surface area (Å²) in [4.78, 5) is 24.0. The lowest BCUT2D eigenvalue weighted by molar-refractivity contribution is -0.132. The molecule has 1 amide bonds. The highest BCUT2D eigenvalue weighted by Gasteiger charge is 2.18. The third-order valence-corrected chi connectivity index (χ3v) is 6.67. The topological polar surface area (TPSA) is 117 Å². The molecule has 40 heavy (non-hydrogen) atoms. The Balaban J connectivity index is 1.48. The van der Waals surface area contributed by atoms with Crippen molar-refractivity contribution in [2.45, 2.75) is 19.0 Å². The van der Waals surface area contributed by atoms with Gasteiger partial charge in [-0.2, -0.15) is 5.10 Å². The molecule has 1 aromatic heterocycles. The number of thioether (sulfide) groups is 1. The van der Waals surface area contributed by atoms with Crippen LogP contribution in [0, 0.1) is 6.92 Å². The van der Waals surface area contributed by atoms with Crippen LogP contribution < -0.4 is 19.6 Å². The summed E-state index contributed by atoms with van der Waals surface area (Å²) in [6.45, 7) is 3.29. The van der Waals surface area contributed by atoms with Crippen molar-refractivity contribution in [1.29, 1.82) is 0 Å². The van der Waals surface area contributed by atoms with E-state index in [-0.39, 0.29) is 28.9 Å². The van der Waals surface area contributed by atoms with Crippen molar-refractivity contribution in [3.63, 3.8) is 0 Å². The fourth-order valence-corrected chi connectivity index (χ4v) is 4.51. The van der Waals surface area contributed by atoms with Crippen molar-refractivity contribution in [3.05, 3.63) is 76.8 Å². The highest BCUT2D eigenvalue weighted by atomic mass is 35.5. The summed E-state index contributed by atoms with van der Waals surface area (Å²) in [6, 6.07) is 18.5. The van der Waals surface area contributed by atoms with Crippen molar-refractivity contribution in [3.8, 4) is 34.3 Å². The first-order valence-electron chi connectivity index (χ1n) is 12.0. The van der Waals surface area contributed by atoms with Gasteiger partial charge in [0, 0.05) is 28.8 Å². The highest BCUT2D eigenvalue weighted by molar-refractivity contribution is 7.99. The van der Waals surface area contributed by atoms with Gasteiger partial charge in [-0.25, -0.2) is 5.43 Å². The number of methoxy groups -OCH3 is 2. The fourth-order valence-electron chi connectivity index (χ4n) is 3.64. The molecule has 1 heterocycles. The molecule has 0 aliphatic rings. The van der Waals surface area contributed by atoms with Crippen LogP contribution in [0.4, 0.5) is 0 Å². The smallest absolute Gasteiger partial charge is 0.308 e. The molecule has 206 valence electrons. The van der Waals surface area contributed by atoms with Gasteiger partial charge in [0.25, 0.3) is 5.91 Å². The lowest BCUT2D eigenvalue weighted by Crippen LogP contribution is -2.20. The number of hydrazone groups is 1. The maximum absolute atomic E-state index is 12.6. The number of carbonyl (C=O) groups is 2. The third-order valence-electron chi connectivity index (χ3n) is 5.49. The monoisotopic (exact) mass is 579 g/mol. The number of rotatable bonds is 10. The van der Waals surface area contributed by atoms with Gasteiger partial charge in [0.15, 0.2) is 22.5 Å². The van der Waals surface area contributed by atoms with E-state index in [1.54, 1.807) is 24.3 Å². The van der Waals surface area contributed by atoms with E-state index in [1.807, 2.05) is 47.9 Å². The van der Waals surface area contributed by atoms with Gasteiger partial charge >= 0.3 is 5.97 Å². The Bertz CT molecular complexity index is 1510. The number of aryl methyl sites for hydroxylation is 1. The van der Waals surface area contributed by atoms with Gasteiger partial charge < -0.3 is 14.2 Å². The minimum absolute atomic E-state index is 0.0417. The molecule has 0 unspecified atom stereocenters. The molecule has 0 saturated carbocycles. The van der Waals surface area contributed by atoms with Crippen LogP contribution in [0.1, 0.15) is 18.1 Å². The number of hydrogen-bond acceptors (Lipinski definition) is 9. The molecule has 0 aliphatic heterocycles. The molecule has 4 rings (SSSR count). The van der Waals surface area contributed by atoms with Crippen molar-refractivity contribution in [2.24, 2.45) is 5.10 Å². The second kappa shape index (κ2) is 13.1. The van der Waals surface area contributed by atoms with Crippen molar-refractivity contribution in [1.82, 2.24) is 20.2 Å². The zero-order valence-corrected chi connectivity index (χ0v) is 23.7. The van der Waals surface area contributed by atoms with E-state index in [1.165, 1.54) is 39.1 Å². The zero-order chi connectivity index (χ0) is 28.6. The number of nitrogens with one attached hydrogen (secondary N) is 1. The number of benzene rings is 3.